The molecule has 13 heteroatoms. The summed E-state index contributed by atoms with van der Waals surface area (Å²) in [5.41, 5.74) is -0.0875. The van der Waals surface area contributed by atoms with E-state index in [0.29, 0.717) is 5.82 Å². The van der Waals surface area contributed by atoms with Crippen LogP contribution in [0.15, 0.2) is 17.7 Å². The Hall–Kier alpha value is -2.42. The number of nitrogens with one attached hydrogen (secondary N) is 1. The predicted molar refractivity (Wildman–Crippen MR) is 128 cm³/mol. The van der Waals surface area contributed by atoms with E-state index in [1.807, 2.05) is 0 Å². The number of nitrogens with zero attached hydrogens (tertiary/aromatic N) is 2. The van der Waals surface area contributed by atoms with E-state index in [0.717, 1.165) is 24.5 Å². The van der Waals surface area contributed by atoms with Gasteiger partial charge in [0.1, 0.15) is 56.4 Å². The van der Waals surface area contributed by atoms with Gasteiger partial charge in [0.2, 0.25) is 5.88 Å². The van der Waals surface area contributed by atoms with E-state index in [2.05, 4.69) is 15.3 Å². The number of sulfone groups is 1. The lowest BCUT2D eigenvalue weighted by Crippen LogP contribution is -2.54. The van der Waals surface area contributed by atoms with Crippen LogP contribution in [0.5, 0.6) is 11.6 Å². The third-order valence-corrected chi connectivity index (χ3v) is 5.43. The Kier molecular flexibility index (Phi) is 6.98. The fourth-order valence-electron chi connectivity index (χ4n) is 2.78. The lowest BCUT2D eigenvalue weighted by molar-refractivity contribution is 0.0943. The van der Waals surface area contributed by atoms with Crippen molar-refractivity contribution in [1.29, 1.82) is 0 Å². The van der Waals surface area contributed by atoms with Crippen molar-refractivity contribution >= 4 is 82.3 Å². The molecule has 7 nitrogen and oxygen atoms in total. The fourth-order valence-corrected chi connectivity index (χ4v) is 3.30. The van der Waals surface area contributed by atoms with E-state index in [1.54, 1.807) is 6.92 Å². The highest BCUT2D eigenvalue weighted by atomic mass is 32.2. The smallest absolute Gasteiger partial charge is 0.258 e. The maximum absolute atomic E-state index is 12.9. The summed E-state index contributed by atoms with van der Waals surface area (Å²) in [7, 11) is 26.3. The molecule has 10 radical (unpaired) electrons. The number of amides is 1. The molecule has 1 saturated carbocycles. The number of ether oxygens (including phenoxy) is 1. The molecule has 32 heavy (non-hydrogen) atoms. The molecule has 1 aromatic carbocycles. The van der Waals surface area contributed by atoms with Crippen LogP contribution in [-0.2, 0) is 9.84 Å². The summed E-state index contributed by atoms with van der Waals surface area (Å²) in [4.78, 5) is 21.5. The first-order valence-electron chi connectivity index (χ1n) is 9.64. The Morgan fingerprint density at radius 1 is 1.12 bits per heavy atom. The van der Waals surface area contributed by atoms with Gasteiger partial charge in [0.05, 0.1) is 0 Å². The van der Waals surface area contributed by atoms with Gasteiger partial charge in [-0.2, -0.15) is 4.98 Å². The van der Waals surface area contributed by atoms with Crippen LogP contribution >= 0.6 is 0 Å². The first-order chi connectivity index (χ1) is 14.9. The molecule has 152 valence electrons. The second-order valence-corrected chi connectivity index (χ2v) is 9.57. The number of hydrogen-bond acceptors (Lipinski definition) is 6. The van der Waals surface area contributed by atoms with Crippen LogP contribution in [0.1, 0.15) is 41.9 Å². The molecule has 1 aliphatic carbocycles. The molecule has 1 aliphatic rings. The summed E-state index contributed by atoms with van der Waals surface area (Å²) < 4.78 is 28.4. The largest absolute Gasteiger partial charge is 0.439 e. The average molecular weight is 436 g/mol. The Labute approximate surface area is 194 Å². The van der Waals surface area contributed by atoms with Crippen LogP contribution in [0.4, 0.5) is 0 Å². The third kappa shape index (κ3) is 5.49. The van der Waals surface area contributed by atoms with E-state index in [-0.39, 0.29) is 50.4 Å². The molecule has 2 aromatic rings. The number of aromatic nitrogens is 2. The normalized spacial score (nSPS) is 14.9. The van der Waals surface area contributed by atoms with Gasteiger partial charge < -0.3 is 10.1 Å². The monoisotopic (exact) mass is 437 g/mol. The molecule has 1 heterocycles. The number of rotatable bonds is 7. The molecule has 1 fully saturated rings. The topological polar surface area (TPSA) is 98.2 Å². The molecule has 0 spiro atoms. The standard InChI is InChI=1S/C19H16B5N3O4S/c1-8(5-6-32(2,29)30)26-18(28)10-7-25-17(9-3-4-9)27-19(10)31-16-14(23)12(21)11(20)13(22)15(16)24/h5-9H,3-4H2,1-2H3,(H,26,28)/b6-5+/t8-/m0/s1. The van der Waals surface area contributed by atoms with Crippen LogP contribution in [-0.4, -0.2) is 75.8 Å². The number of benzene rings is 1. The van der Waals surface area contributed by atoms with Crippen LogP contribution < -0.4 is 37.4 Å². The molecule has 1 aromatic heterocycles. The second kappa shape index (κ2) is 9.21. The van der Waals surface area contributed by atoms with Crippen molar-refractivity contribution in [1.82, 2.24) is 15.3 Å². The van der Waals surface area contributed by atoms with E-state index in [9.17, 15) is 13.2 Å². The minimum atomic E-state index is -3.34. The Morgan fingerprint density at radius 3 is 2.22 bits per heavy atom. The molecule has 0 aliphatic heterocycles. The fraction of sp³-hybridized carbons (Fsp3) is 0.316. The summed E-state index contributed by atoms with van der Waals surface area (Å²) in [5, 5.41) is 3.64. The first-order valence-corrected chi connectivity index (χ1v) is 11.6. The molecular weight excluding hydrogens is 420 g/mol. The zero-order valence-corrected chi connectivity index (χ0v) is 18.4. The van der Waals surface area contributed by atoms with Gasteiger partial charge in [0.15, 0.2) is 9.84 Å². The average Bonchev–Trinajstić information content (AvgIpc) is 3.57. The third-order valence-electron chi connectivity index (χ3n) is 4.78. The molecule has 1 N–H and O–H groups in total. The quantitative estimate of drug-likeness (QED) is 0.459. The molecule has 1 amide bonds. The number of carbonyl (C=O) groups excluding carboxylic acids is 1. The maximum atomic E-state index is 12.9. The van der Waals surface area contributed by atoms with Crippen LogP contribution in [0.2, 0.25) is 0 Å². The van der Waals surface area contributed by atoms with Gasteiger partial charge in [-0.15, -0.1) is 16.4 Å². The zero-order chi connectivity index (χ0) is 23.8. The summed E-state index contributed by atoms with van der Waals surface area (Å²) >= 11 is 0. The van der Waals surface area contributed by atoms with Gasteiger partial charge in [-0.05, 0) is 19.8 Å². The zero-order valence-electron chi connectivity index (χ0n) is 17.6. The minimum absolute atomic E-state index is 0.00583. The van der Waals surface area contributed by atoms with E-state index < -0.39 is 21.8 Å². The van der Waals surface area contributed by atoms with E-state index in [4.69, 9.17) is 44.0 Å². The lowest BCUT2D eigenvalue weighted by Gasteiger charge is -2.21. The summed E-state index contributed by atoms with van der Waals surface area (Å²) in [6.07, 6.45) is 5.56. The molecule has 0 unspecified atom stereocenters. The molecular formula is C19H16B5N3O4S. The van der Waals surface area contributed by atoms with Crippen molar-refractivity contribution in [3.63, 3.8) is 0 Å². The minimum Gasteiger partial charge on any atom is -0.439 e. The van der Waals surface area contributed by atoms with Gasteiger partial charge in [-0.1, -0.05) is 17.0 Å². The van der Waals surface area contributed by atoms with Gasteiger partial charge in [0, 0.05) is 29.8 Å². The highest BCUT2D eigenvalue weighted by Gasteiger charge is 2.29. The van der Waals surface area contributed by atoms with Gasteiger partial charge in [-0.25, -0.2) is 13.4 Å². The highest BCUT2D eigenvalue weighted by Crippen LogP contribution is 2.39. The highest BCUT2D eigenvalue weighted by molar-refractivity contribution is 7.93. The number of carbonyl (C=O) groups is 1. The summed E-state index contributed by atoms with van der Waals surface area (Å²) in [6.45, 7) is 1.61. The van der Waals surface area contributed by atoms with Crippen molar-refractivity contribution in [3.8, 4) is 11.6 Å². The SMILES string of the molecule is [B]c1c([B])c([B])c(Oc2nc(C3CC3)ncc2C(=O)N[C@@H](C)/C=C/S(C)(=O)=O)c([B])c1[B]. The van der Waals surface area contributed by atoms with E-state index >= 15 is 0 Å². The van der Waals surface area contributed by atoms with Gasteiger partial charge >= 0.3 is 0 Å². The van der Waals surface area contributed by atoms with Crippen molar-refractivity contribution in [2.45, 2.75) is 31.7 Å². The van der Waals surface area contributed by atoms with Crippen molar-refractivity contribution in [2.24, 2.45) is 0 Å². The van der Waals surface area contributed by atoms with Crippen LogP contribution in [0.3, 0.4) is 0 Å². The second-order valence-electron chi connectivity index (χ2n) is 7.64. The van der Waals surface area contributed by atoms with Crippen LogP contribution in [0, 0.1) is 0 Å². The molecule has 3 rings (SSSR count). The predicted octanol–water partition coefficient (Wildman–Crippen LogP) is -3.21. The summed E-state index contributed by atoms with van der Waals surface area (Å²) in [6, 6.07) is -0.605. The van der Waals surface area contributed by atoms with Crippen LogP contribution in [0.25, 0.3) is 0 Å². The molecule has 0 bridgehead atoms. The van der Waals surface area contributed by atoms with Crippen molar-refractivity contribution in [3.05, 3.63) is 29.1 Å². The summed E-state index contributed by atoms with van der Waals surface area (Å²) in [5.74, 6) is -0.0895. The Morgan fingerprint density at radius 2 is 1.69 bits per heavy atom. The lowest BCUT2D eigenvalue weighted by atomic mass is 9.62. The van der Waals surface area contributed by atoms with Gasteiger partial charge in [0.25, 0.3) is 5.91 Å². The Balaban J connectivity index is 1.98. The number of hydrogen-bond donors (Lipinski definition) is 1. The Bertz CT molecular complexity index is 1190. The maximum Gasteiger partial charge on any atom is 0.258 e. The van der Waals surface area contributed by atoms with Gasteiger partial charge in [-0.3, -0.25) is 4.79 Å². The molecule has 1 atom stereocenters. The van der Waals surface area contributed by atoms with E-state index in [1.165, 1.54) is 12.3 Å². The van der Waals surface area contributed by atoms with Crippen molar-refractivity contribution in [2.75, 3.05) is 6.26 Å². The first kappa shape index (κ1) is 24.2. The van der Waals surface area contributed by atoms with Crippen molar-refractivity contribution < 1.29 is 17.9 Å². The molecule has 0 saturated heterocycles.